The van der Waals surface area contributed by atoms with E-state index >= 15 is 0 Å². The van der Waals surface area contributed by atoms with E-state index in [1.807, 2.05) is 24.3 Å². The van der Waals surface area contributed by atoms with Crippen molar-refractivity contribution in [2.75, 3.05) is 18.0 Å². The topological polar surface area (TPSA) is 69.7 Å². The van der Waals surface area contributed by atoms with Crippen molar-refractivity contribution in [3.8, 4) is 0 Å². The highest BCUT2D eigenvalue weighted by Gasteiger charge is 2.45. The molecule has 24 heavy (non-hydrogen) atoms. The average molecular weight is 347 g/mol. The predicted octanol–water partition coefficient (Wildman–Crippen LogP) is 2.23. The van der Waals surface area contributed by atoms with Gasteiger partial charge in [-0.3, -0.25) is 14.5 Å². The van der Waals surface area contributed by atoms with Crippen LogP contribution >= 0.6 is 11.8 Å². The third kappa shape index (κ3) is 3.00. The molecular formula is C17H21N3O3S. The Balaban J connectivity index is 1.83. The van der Waals surface area contributed by atoms with Gasteiger partial charge >= 0.3 is 6.03 Å². The van der Waals surface area contributed by atoms with Crippen LogP contribution in [0, 0.1) is 0 Å². The smallest absolute Gasteiger partial charge is 0.324 e. The van der Waals surface area contributed by atoms with Crippen LogP contribution < -0.4 is 10.2 Å². The molecule has 1 fully saturated rings. The van der Waals surface area contributed by atoms with E-state index in [1.165, 1.54) is 0 Å². The number of amides is 4. The van der Waals surface area contributed by atoms with E-state index in [0.717, 1.165) is 21.9 Å². The van der Waals surface area contributed by atoms with Crippen molar-refractivity contribution in [2.24, 2.45) is 0 Å². The van der Waals surface area contributed by atoms with Crippen LogP contribution in [0.2, 0.25) is 0 Å². The Morgan fingerprint density at radius 2 is 2.04 bits per heavy atom. The molecule has 2 heterocycles. The van der Waals surface area contributed by atoms with E-state index in [2.05, 4.69) is 12.2 Å². The zero-order valence-electron chi connectivity index (χ0n) is 14.0. The molecule has 1 aromatic rings. The van der Waals surface area contributed by atoms with Crippen LogP contribution in [0.15, 0.2) is 29.2 Å². The number of thioether (sulfide) groups is 1. The van der Waals surface area contributed by atoms with Gasteiger partial charge in [0.25, 0.3) is 5.91 Å². The summed E-state index contributed by atoms with van der Waals surface area (Å²) in [6, 6.07) is 7.25. The third-order valence-electron chi connectivity index (χ3n) is 4.28. The Morgan fingerprint density at radius 3 is 2.71 bits per heavy atom. The Bertz CT molecular complexity index is 704. The summed E-state index contributed by atoms with van der Waals surface area (Å²) in [5.74, 6) is -0.606. The van der Waals surface area contributed by atoms with Gasteiger partial charge in [0.15, 0.2) is 0 Å². The maximum atomic E-state index is 12.8. The molecule has 1 atom stereocenters. The van der Waals surface area contributed by atoms with E-state index in [4.69, 9.17) is 0 Å². The highest BCUT2D eigenvalue weighted by molar-refractivity contribution is 8.00. The molecule has 1 saturated heterocycles. The summed E-state index contributed by atoms with van der Waals surface area (Å²) in [6.07, 6.45) is 0.858. The lowest BCUT2D eigenvalue weighted by Crippen LogP contribution is -2.45. The van der Waals surface area contributed by atoms with Gasteiger partial charge in [0.05, 0.1) is 5.69 Å². The number of anilines is 1. The number of hydrogen-bond acceptors (Lipinski definition) is 4. The summed E-state index contributed by atoms with van der Waals surface area (Å²) >= 11 is 1.74. The second kappa shape index (κ2) is 6.12. The van der Waals surface area contributed by atoms with Crippen LogP contribution in [0.3, 0.4) is 0 Å². The van der Waals surface area contributed by atoms with Gasteiger partial charge in [-0.05, 0) is 32.4 Å². The monoisotopic (exact) mass is 347 g/mol. The van der Waals surface area contributed by atoms with E-state index in [0.29, 0.717) is 11.8 Å². The molecule has 7 heteroatoms. The largest absolute Gasteiger partial charge is 0.325 e. The maximum Gasteiger partial charge on any atom is 0.325 e. The van der Waals surface area contributed by atoms with Crippen molar-refractivity contribution >= 4 is 35.3 Å². The molecule has 6 nitrogen and oxygen atoms in total. The molecule has 0 aromatic heterocycles. The van der Waals surface area contributed by atoms with Crippen LogP contribution in [0.1, 0.15) is 27.2 Å². The van der Waals surface area contributed by atoms with Crippen LogP contribution in [0.5, 0.6) is 0 Å². The quantitative estimate of drug-likeness (QED) is 0.833. The molecule has 0 aliphatic carbocycles. The van der Waals surface area contributed by atoms with Crippen molar-refractivity contribution in [2.45, 2.75) is 42.9 Å². The molecule has 0 saturated carbocycles. The number of carbonyl (C=O) groups excluding carboxylic acids is 3. The number of benzene rings is 1. The van der Waals surface area contributed by atoms with Gasteiger partial charge in [-0.2, -0.15) is 0 Å². The average Bonchev–Trinajstić information content (AvgIpc) is 2.66. The SMILES string of the molecule is C[C@@H]1CCN(C(=O)CN2C(=O)NC(C)(C)C2=O)c2ccccc2S1. The molecule has 0 unspecified atom stereocenters. The lowest BCUT2D eigenvalue weighted by molar-refractivity contribution is -0.133. The van der Waals surface area contributed by atoms with Gasteiger partial charge in [0.2, 0.25) is 5.91 Å². The van der Waals surface area contributed by atoms with Crippen molar-refractivity contribution in [3.63, 3.8) is 0 Å². The van der Waals surface area contributed by atoms with E-state index in [-0.39, 0.29) is 18.4 Å². The lowest BCUT2D eigenvalue weighted by Gasteiger charge is -2.24. The zero-order chi connectivity index (χ0) is 17.5. The number of carbonyl (C=O) groups is 3. The number of fused-ring (bicyclic) bond motifs is 1. The van der Waals surface area contributed by atoms with Crippen LogP contribution in [-0.2, 0) is 9.59 Å². The van der Waals surface area contributed by atoms with Crippen LogP contribution in [0.25, 0.3) is 0 Å². The molecule has 1 N–H and O–H groups in total. The summed E-state index contributed by atoms with van der Waals surface area (Å²) in [6.45, 7) is 5.75. The zero-order valence-corrected chi connectivity index (χ0v) is 14.9. The maximum absolute atomic E-state index is 12.8. The minimum Gasteiger partial charge on any atom is -0.324 e. The summed E-state index contributed by atoms with van der Waals surface area (Å²) in [5, 5.41) is 3.00. The Kier molecular flexibility index (Phi) is 4.29. The number of nitrogens with one attached hydrogen (secondary N) is 1. The minimum atomic E-state index is -0.960. The van der Waals surface area contributed by atoms with Gasteiger partial charge in [-0.1, -0.05) is 19.1 Å². The number of hydrogen-bond donors (Lipinski definition) is 1. The Labute approximate surface area is 145 Å². The van der Waals surface area contributed by atoms with Crippen molar-refractivity contribution in [3.05, 3.63) is 24.3 Å². The third-order valence-corrected chi connectivity index (χ3v) is 5.52. The molecule has 2 aliphatic heterocycles. The highest BCUT2D eigenvalue weighted by Crippen LogP contribution is 2.37. The number of para-hydroxylation sites is 1. The van der Waals surface area contributed by atoms with Gasteiger partial charge in [-0.25, -0.2) is 4.79 Å². The first-order valence-electron chi connectivity index (χ1n) is 8.00. The van der Waals surface area contributed by atoms with Crippen LogP contribution in [0.4, 0.5) is 10.5 Å². The van der Waals surface area contributed by atoms with Gasteiger partial charge in [0.1, 0.15) is 12.1 Å². The molecule has 0 bridgehead atoms. The summed E-state index contributed by atoms with van der Waals surface area (Å²) < 4.78 is 0. The summed E-state index contributed by atoms with van der Waals surface area (Å²) in [4.78, 5) is 40.9. The molecule has 128 valence electrons. The second-order valence-corrected chi connectivity index (χ2v) is 8.16. The lowest BCUT2D eigenvalue weighted by atomic mass is 10.1. The van der Waals surface area contributed by atoms with Gasteiger partial charge < -0.3 is 10.2 Å². The molecule has 3 rings (SSSR count). The standard InChI is InChI=1S/C17H21N3O3S/c1-11-8-9-19(12-6-4-5-7-13(12)24-11)14(21)10-20-15(22)17(2,3)18-16(20)23/h4-7,11H,8-10H2,1-3H3,(H,18,23)/t11-/m1/s1. The summed E-state index contributed by atoms with van der Waals surface area (Å²) in [5.41, 5.74) is -0.110. The molecule has 0 spiro atoms. The number of rotatable bonds is 2. The molecule has 0 radical (unpaired) electrons. The van der Waals surface area contributed by atoms with Crippen molar-refractivity contribution < 1.29 is 14.4 Å². The van der Waals surface area contributed by atoms with E-state index in [9.17, 15) is 14.4 Å². The fourth-order valence-electron chi connectivity index (χ4n) is 2.93. The molecule has 2 aliphatic rings. The fraction of sp³-hybridized carbons (Fsp3) is 0.471. The number of nitrogens with zero attached hydrogens (tertiary/aromatic N) is 2. The predicted molar refractivity (Wildman–Crippen MR) is 93.1 cm³/mol. The Morgan fingerprint density at radius 1 is 1.33 bits per heavy atom. The van der Waals surface area contributed by atoms with Gasteiger partial charge in [0, 0.05) is 16.7 Å². The molecule has 4 amide bonds. The van der Waals surface area contributed by atoms with E-state index in [1.54, 1.807) is 30.5 Å². The number of urea groups is 1. The van der Waals surface area contributed by atoms with Crippen molar-refractivity contribution in [1.29, 1.82) is 0 Å². The van der Waals surface area contributed by atoms with E-state index < -0.39 is 11.6 Å². The first-order chi connectivity index (χ1) is 11.3. The molecular weight excluding hydrogens is 326 g/mol. The highest BCUT2D eigenvalue weighted by atomic mass is 32.2. The fourth-order valence-corrected chi connectivity index (χ4v) is 4.04. The first-order valence-corrected chi connectivity index (χ1v) is 8.88. The first kappa shape index (κ1) is 16.8. The summed E-state index contributed by atoms with van der Waals surface area (Å²) in [7, 11) is 0. The van der Waals surface area contributed by atoms with Crippen LogP contribution in [-0.4, -0.2) is 46.6 Å². The van der Waals surface area contributed by atoms with Crippen molar-refractivity contribution in [1.82, 2.24) is 10.2 Å². The normalized spacial score (nSPS) is 22.9. The second-order valence-electron chi connectivity index (χ2n) is 6.68. The van der Waals surface area contributed by atoms with Gasteiger partial charge in [-0.15, -0.1) is 11.8 Å². The Hall–Kier alpha value is -2.02. The molecule has 1 aromatic carbocycles. The number of imide groups is 1. The minimum absolute atomic E-state index is 0.235.